The number of rotatable bonds is 6. The van der Waals surface area contributed by atoms with Crippen LogP contribution in [0.5, 0.6) is 5.88 Å². The normalized spacial score (nSPS) is 10.5. The summed E-state index contributed by atoms with van der Waals surface area (Å²) >= 11 is 13.8. The van der Waals surface area contributed by atoms with Gasteiger partial charge in [0.25, 0.3) is 0 Å². The molecule has 0 fully saturated rings. The predicted octanol–water partition coefficient (Wildman–Crippen LogP) is 4.50. The van der Waals surface area contributed by atoms with E-state index in [4.69, 9.17) is 27.9 Å². The third kappa shape index (κ3) is 4.00. The summed E-state index contributed by atoms with van der Waals surface area (Å²) in [6.07, 6.45) is 0.842. The molecule has 6 heteroatoms. The first-order valence-electron chi connectivity index (χ1n) is 5.95. The highest BCUT2D eigenvalue weighted by atomic mass is 35.5. The minimum atomic E-state index is 0.415. The van der Waals surface area contributed by atoms with Gasteiger partial charge < -0.3 is 10.1 Å². The topological polar surface area (TPSA) is 34.2 Å². The minimum Gasteiger partial charge on any atom is -0.476 e. The minimum absolute atomic E-state index is 0.415. The predicted molar refractivity (Wildman–Crippen MR) is 81.9 cm³/mol. The molecule has 0 saturated carbocycles. The van der Waals surface area contributed by atoms with Crippen molar-refractivity contribution in [3.63, 3.8) is 0 Å². The molecule has 3 nitrogen and oxygen atoms in total. The second-order valence-corrected chi connectivity index (χ2v) is 5.66. The van der Waals surface area contributed by atoms with Gasteiger partial charge in [0.05, 0.1) is 11.6 Å². The van der Waals surface area contributed by atoms with Gasteiger partial charge in [0.1, 0.15) is 10.8 Å². The molecule has 2 heterocycles. The van der Waals surface area contributed by atoms with Crippen LogP contribution in [0.2, 0.25) is 10.0 Å². The average Bonchev–Trinajstić information content (AvgIpc) is 2.88. The molecule has 0 aromatic carbocycles. The fourth-order valence-electron chi connectivity index (χ4n) is 1.55. The lowest BCUT2D eigenvalue weighted by Crippen LogP contribution is -2.05. The lowest BCUT2D eigenvalue weighted by atomic mass is 10.4. The van der Waals surface area contributed by atoms with Gasteiger partial charge in [-0.15, -0.1) is 11.3 Å². The van der Waals surface area contributed by atoms with E-state index in [2.05, 4.69) is 16.4 Å². The van der Waals surface area contributed by atoms with Crippen molar-refractivity contribution in [3.8, 4) is 5.88 Å². The molecule has 2 aromatic heterocycles. The molecule has 0 unspecified atom stereocenters. The monoisotopic (exact) mass is 316 g/mol. The number of nitrogens with one attached hydrogen (secondary N) is 1. The molecular formula is C13H14Cl2N2OS. The summed E-state index contributed by atoms with van der Waals surface area (Å²) in [6.45, 7) is 3.26. The van der Waals surface area contributed by atoms with Crippen molar-refractivity contribution in [3.05, 3.63) is 38.5 Å². The van der Waals surface area contributed by atoms with E-state index in [0.717, 1.165) is 13.0 Å². The van der Waals surface area contributed by atoms with Crippen molar-refractivity contribution < 1.29 is 4.74 Å². The third-order valence-corrected chi connectivity index (χ3v) is 3.90. The van der Waals surface area contributed by atoms with E-state index in [1.807, 2.05) is 18.4 Å². The molecule has 0 atom stereocenters. The van der Waals surface area contributed by atoms with Gasteiger partial charge in [-0.05, 0) is 24.4 Å². The Labute approximate surface area is 126 Å². The van der Waals surface area contributed by atoms with Crippen LogP contribution in [-0.2, 0) is 6.42 Å². The number of thiophene rings is 1. The molecule has 0 aliphatic heterocycles. The number of ether oxygens (including phenoxy) is 1. The van der Waals surface area contributed by atoms with Gasteiger partial charge in [-0.25, -0.2) is 0 Å². The van der Waals surface area contributed by atoms with Crippen molar-refractivity contribution in [1.29, 1.82) is 0 Å². The zero-order chi connectivity index (χ0) is 13.7. The maximum atomic E-state index is 6.07. The lowest BCUT2D eigenvalue weighted by Gasteiger charge is -2.10. The highest BCUT2D eigenvalue weighted by Crippen LogP contribution is 2.30. The Morgan fingerprint density at radius 3 is 2.89 bits per heavy atom. The number of aromatic nitrogens is 1. The van der Waals surface area contributed by atoms with Crippen molar-refractivity contribution in [1.82, 2.24) is 4.98 Å². The molecule has 1 N–H and O–H groups in total. The van der Waals surface area contributed by atoms with Gasteiger partial charge in [-0.3, -0.25) is 0 Å². The van der Waals surface area contributed by atoms with Crippen LogP contribution in [0.15, 0.2) is 23.6 Å². The molecule has 2 aromatic rings. The van der Waals surface area contributed by atoms with E-state index in [-0.39, 0.29) is 0 Å². The summed E-state index contributed by atoms with van der Waals surface area (Å²) in [4.78, 5) is 5.56. The van der Waals surface area contributed by atoms with Gasteiger partial charge in [-0.1, -0.05) is 29.3 Å². The Kier molecular flexibility index (Phi) is 5.31. The largest absolute Gasteiger partial charge is 0.476 e. The Bertz CT molecular complexity index is 532. The number of hydrogen-bond donors (Lipinski definition) is 1. The summed E-state index contributed by atoms with van der Waals surface area (Å²) < 4.78 is 5.62. The average molecular weight is 317 g/mol. The van der Waals surface area contributed by atoms with Crippen LogP contribution in [0.4, 0.5) is 5.82 Å². The van der Waals surface area contributed by atoms with E-state index >= 15 is 0 Å². The first-order chi connectivity index (χ1) is 9.20. The van der Waals surface area contributed by atoms with Crippen LogP contribution in [0, 0.1) is 0 Å². The summed E-state index contributed by atoms with van der Waals surface area (Å²) in [5.41, 5.74) is 0. The van der Waals surface area contributed by atoms with E-state index in [1.54, 1.807) is 17.4 Å². The van der Waals surface area contributed by atoms with E-state index in [1.165, 1.54) is 4.88 Å². The Balaban J connectivity index is 2.00. The van der Waals surface area contributed by atoms with E-state index in [9.17, 15) is 0 Å². The Hall–Kier alpha value is -0.970. The fourth-order valence-corrected chi connectivity index (χ4v) is 2.72. The Morgan fingerprint density at radius 1 is 1.37 bits per heavy atom. The quantitative estimate of drug-likeness (QED) is 0.851. The molecule has 102 valence electrons. The van der Waals surface area contributed by atoms with Crippen molar-refractivity contribution in [2.45, 2.75) is 13.3 Å². The zero-order valence-electron chi connectivity index (χ0n) is 10.5. The highest BCUT2D eigenvalue weighted by Gasteiger charge is 2.10. The molecule has 0 bridgehead atoms. The number of hydrogen-bond acceptors (Lipinski definition) is 4. The van der Waals surface area contributed by atoms with Gasteiger partial charge >= 0.3 is 0 Å². The summed E-state index contributed by atoms with van der Waals surface area (Å²) in [6, 6.07) is 5.75. The van der Waals surface area contributed by atoms with Crippen LogP contribution in [0.1, 0.15) is 11.8 Å². The first kappa shape index (κ1) is 14.4. The molecule has 0 radical (unpaired) electrons. The van der Waals surface area contributed by atoms with Crippen LogP contribution in [0.25, 0.3) is 0 Å². The molecule has 0 aliphatic rings. The van der Waals surface area contributed by atoms with Crippen LogP contribution >= 0.6 is 34.5 Å². The number of anilines is 1. The van der Waals surface area contributed by atoms with Gasteiger partial charge in [0, 0.05) is 17.8 Å². The fraction of sp³-hybridized carbons (Fsp3) is 0.308. The lowest BCUT2D eigenvalue weighted by molar-refractivity contribution is 0.311. The zero-order valence-corrected chi connectivity index (χ0v) is 12.8. The summed E-state index contributed by atoms with van der Waals surface area (Å²) in [5.74, 6) is 1.01. The van der Waals surface area contributed by atoms with Crippen molar-refractivity contribution >= 4 is 40.4 Å². The van der Waals surface area contributed by atoms with Crippen LogP contribution in [-0.4, -0.2) is 18.1 Å². The maximum Gasteiger partial charge on any atom is 0.234 e. The molecule has 19 heavy (non-hydrogen) atoms. The first-order valence-corrected chi connectivity index (χ1v) is 7.59. The standard InChI is InChI=1S/C13H14Cl2N2OS/c1-2-16-12-10(14)8-11(15)13(17-12)18-6-5-9-4-3-7-19-9/h3-4,7-8H,2,5-6H2,1H3,(H,16,17). The molecule has 0 aliphatic carbocycles. The van der Waals surface area contributed by atoms with Gasteiger partial charge in [-0.2, -0.15) is 4.98 Å². The van der Waals surface area contributed by atoms with Crippen molar-refractivity contribution in [2.24, 2.45) is 0 Å². The second kappa shape index (κ2) is 6.98. The molecule has 0 amide bonds. The summed E-state index contributed by atoms with van der Waals surface area (Å²) in [7, 11) is 0. The van der Waals surface area contributed by atoms with Gasteiger partial charge in [0.15, 0.2) is 0 Å². The smallest absolute Gasteiger partial charge is 0.234 e. The number of nitrogens with zero attached hydrogens (tertiary/aromatic N) is 1. The second-order valence-electron chi connectivity index (χ2n) is 3.81. The third-order valence-electron chi connectivity index (χ3n) is 2.41. The van der Waals surface area contributed by atoms with E-state index < -0.39 is 0 Å². The molecule has 2 rings (SSSR count). The molecular weight excluding hydrogens is 303 g/mol. The van der Waals surface area contributed by atoms with Crippen LogP contribution in [0.3, 0.4) is 0 Å². The van der Waals surface area contributed by atoms with Gasteiger partial charge in [0.2, 0.25) is 5.88 Å². The SMILES string of the molecule is CCNc1nc(OCCc2cccs2)c(Cl)cc1Cl. The molecule has 0 saturated heterocycles. The van der Waals surface area contributed by atoms with Crippen LogP contribution < -0.4 is 10.1 Å². The highest BCUT2D eigenvalue weighted by molar-refractivity contribution is 7.09. The summed E-state index contributed by atoms with van der Waals surface area (Å²) in [5, 5.41) is 6.04. The Morgan fingerprint density at radius 2 is 2.21 bits per heavy atom. The number of halogens is 2. The molecule has 0 spiro atoms. The number of pyridine rings is 1. The van der Waals surface area contributed by atoms with Crippen molar-refractivity contribution in [2.75, 3.05) is 18.5 Å². The maximum absolute atomic E-state index is 6.07. The van der Waals surface area contributed by atoms with E-state index in [0.29, 0.717) is 28.3 Å².